The maximum absolute atomic E-state index is 11.2. The average molecular weight is 192 g/mol. The van der Waals surface area contributed by atoms with Crippen LogP contribution >= 0.6 is 0 Å². The first-order chi connectivity index (χ1) is 6.81. The predicted molar refractivity (Wildman–Crippen MR) is 47.7 cm³/mol. The summed E-state index contributed by atoms with van der Waals surface area (Å²) in [7, 11) is 0. The number of hydrogen-bond donors (Lipinski definition) is 1. The van der Waals surface area contributed by atoms with Gasteiger partial charge >= 0.3 is 5.97 Å². The van der Waals surface area contributed by atoms with Gasteiger partial charge in [-0.15, -0.1) is 0 Å². The molecule has 5 heteroatoms. The lowest BCUT2D eigenvalue weighted by Crippen LogP contribution is -2.06. The molecular formula is C9H8N2O3. The molecule has 2 aromatic rings. The highest BCUT2D eigenvalue weighted by Gasteiger charge is 2.06. The van der Waals surface area contributed by atoms with E-state index in [-0.39, 0.29) is 0 Å². The highest BCUT2D eigenvalue weighted by molar-refractivity contribution is 5.89. The fourth-order valence-electron chi connectivity index (χ4n) is 1.18. The molecule has 0 saturated carbocycles. The first-order valence-electron chi connectivity index (χ1n) is 4.02. The van der Waals surface area contributed by atoms with Crippen LogP contribution in [-0.2, 0) is 4.74 Å². The van der Waals surface area contributed by atoms with E-state index >= 15 is 0 Å². The second-order valence-electron chi connectivity index (χ2n) is 2.67. The molecule has 0 unspecified atom stereocenters. The Morgan fingerprint density at radius 1 is 1.57 bits per heavy atom. The van der Waals surface area contributed by atoms with Crippen molar-refractivity contribution in [1.29, 1.82) is 0 Å². The minimum Gasteiger partial charge on any atom is -0.435 e. The number of imidazole rings is 1. The molecule has 0 spiro atoms. The van der Waals surface area contributed by atoms with E-state index in [1.54, 1.807) is 35.1 Å². The summed E-state index contributed by atoms with van der Waals surface area (Å²) in [5, 5.41) is 8.41. The number of pyridine rings is 1. The molecule has 14 heavy (non-hydrogen) atoms. The number of esters is 1. The van der Waals surface area contributed by atoms with Crippen LogP contribution in [0.2, 0.25) is 0 Å². The third kappa shape index (κ3) is 1.45. The lowest BCUT2D eigenvalue weighted by atomic mass is 10.3. The van der Waals surface area contributed by atoms with Crippen molar-refractivity contribution >= 4 is 11.6 Å². The SMILES string of the molecule is O=C(OCO)c1ccc2nccn2c1. The van der Waals surface area contributed by atoms with Gasteiger partial charge < -0.3 is 14.2 Å². The third-order valence-electron chi connectivity index (χ3n) is 1.82. The first kappa shape index (κ1) is 8.71. The quantitative estimate of drug-likeness (QED) is 0.554. The number of ether oxygens (including phenoxy) is 1. The Balaban J connectivity index is 2.38. The number of aliphatic hydroxyl groups is 1. The molecule has 0 bridgehead atoms. The summed E-state index contributed by atoms with van der Waals surface area (Å²) in [4.78, 5) is 15.2. The second-order valence-corrected chi connectivity index (χ2v) is 2.67. The topological polar surface area (TPSA) is 63.8 Å². The molecule has 0 aromatic carbocycles. The number of carbonyl (C=O) groups is 1. The summed E-state index contributed by atoms with van der Waals surface area (Å²) < 4.78 is 6.14. The van der Waals surface area contributed by atoms with E-state index in [2.05, 4.69) is 9.72 Å². The summed E-state index contributed by atoms with van der Waals surface area (Å²) in [6.45, 7) is -0.610. The van der Waals surface area contributed by atoms with E-state index in [4.69, 9.17) is 5.11 Å². The smallest absolute Gasteiger partial charge is 0.341 e. The van der Waals surface area contributed by atoms with Gasteiger partial charge in [-0.05, 0) is 12.1 Å². The molecule has 0 atom stereocenters. The Bertz CT molecular complexity index is 464. The van der Waals surface area contributed by atoms with Crippen molar-refractivity contribution < 1.29 is 14.6 Å². The van der Waals surface area contributed by atoms with Gasteiger partial charge in [0.15, 0.2) is 6.79 Å². The zero-order valence-electron chi connectivity index (χ0n) is 7.25. The van der Waals surface area contributed by atoms with Crippen LogP contribution in [-0.4, -0.2) is 27.3 Å². The monoisotopic (exact) mass is 192 g/mol. The van der Waals surface area contributed by atoms with Crippen LogP contribution < -0.4 is 0 Å². The number of fused-ring (bicyclic) bond motifs is 1. The Hall–Kier alpha value is -1.88. The van der Waals surface area contributed by atoms with Crippen molar-refractivity contribution in [3.63, 3.8) is 0 Å². The van der Waals surface area contributed by atoms with Gasteiger partial charge in [0.2, 0.25) is 0 Å². The Morgan fingerprint density at radius 3 is 3.21 bits per heavy atom. The van der Waals surface area contributed by atoms with Crippen LogP contribution in [0.4, 0.5) is 0 Å². The van der Waals surface area contributed by atoms with Gasteiger partial charge in [0.1, 0.15) is 5.65 Å². The number of carbonyl (C=O) groups excluding carboxylic acids is 1. The summed E-state index contributed by atoms with van der Waals surface area (Å²) in [5.74, 6) is -0.553. The highest BCUT2D eigenvalue weighted by Crippen LogP contribution is 2.05. The lowest BCUT2D eigenvalue weighted by Gasteiger charge is -2.01. The number of aromatic nitrogens is 2. The van der Waals surface area contributed by atoms with Crippen LogP contribution in [0.3, 0.4) is 0 Å². The molecule has 2 rings (SSSR count). The van der Waals surface area contributed by atoms with E-state index < -0.39 is 12.8 Å². The highest BCUT2D eigenvalue weighted by atomic mass is 16.6. The molecule has 0 amide bonds. The van der Waals surface area contributed by atoms with Gasteiger partial charge in [0.25, 0.3) is 0 Å². The van der Waals surface area contributed by atoms with Crippen molar-refractivity contribution in [2.45, 2.75) is 0 Å². The van der Waals surface area contributed by atoms with E-state index in [9.17, 15) is 4.79 Å². The second kappa shape index (κ2) is 3.47. The summed E-state index contributed by atoms with van der Waals surface area (Å²) in [6, 6.07) is 3.30. The normalized spacial score (nSPS) is 10.4. The molecule has 0 saturated heterocycles. The third-order valence-corrected chi connectivity index (χ3v) is 1.82. The lowest BCUT2D eigenvalue weighted by molar-refractivity contribution is 0.00679. The molecule has 5 nitrogen and oxygen atoms in total. The van der Waals surface area contributed by atoms with Crippen molar-refractivity contribution in [1.82, 2.24) is 9.38 Å². The molecule has 0 fully saturated rings. The minimum atomic E-state index is -0.610. The Labute approximate surface area is 79.6 Å². The van der Waals surface area contributed by atoms with Gasteiger partial charge in [0.05, 0.1) is 5.56 Å². The predicted octanol–water partition coefficient (Wildman–Crippen LogP) is 0.441. The van der Waals surface area contributed by atoms with Gasteiger partial charge in [0, 0.05) is 18.6 Å². The van der Waals surface area contributed by atoms with Crippen LogP contribution in [0.5, 0.6) is 0 Å². The Kier molecular flexibility index (Phi) is 2.16. The fourth-order valence-corrected chi connectivity index (χ4v) is 1.18. The molecule has 0 radical (unpaired) electrons. The van der Waals surface area contributed by atoms with Gasteiger partial charge in [-0.3, -0.25) is 0 Å². The number of aliphatic hydroxyl groups excluding tert-OH is 1. The molecule has 0 aliphatic rings. The summed E-state index contributed by atoms with van der Waals surface area (Å²) >= 11 is 0. The zero-order chi connectivity index (χ0) is 9.97. The first-order valence-corrected chi connectivity index (χ1v) is 4.02. The molecule has 2 heterocycles. The number of hydrogen-bond acceptors (Lipinski definition) is 4. The van der Waals surface area contributed by atoms with E-state index in [1.807, 2.05) is 0 Å². The summed E-state index contributed by atoms with van der Waals surface area (Å²) in [5.41, 5.74) is 1.13. The van der Waals surface area contributed by atoms with Crippen LogP contribution in [0.1, 0.15) is 10.4 Å². The van der Waals surface area contributed by atoms with Crippen LogP contribution in [0.25, 0.3) is 5.65 Å². The molecular weight excluding hydrogens is 184 g/mol. The molecule has 1 N–H and O–H groups in total. The largest absolute Gasteiger partial charge is 0.435 e. The Morgan fingerprint density at radius 2 is 2.43 bits per heavy atom. The van der Waals surface area contributed by atoms with Crippen LogP contribution in [0, 0.1) is 0 Å². The van der Waals surface area contributed by atoms with Crippen LogP contribution in [0.15, 0.2) is 30.7 Å². The van der Waals surface area contributed by atoms with Crippen molar-refractivity contribution in [3.8, 4) is 0 Å². The van der Waals surface area contributed by atoms with Crippen molar-refractivity contribution in [3.05, 3.63) is 36.3 Å². The van der Waals surface area contributed by atoms with E-state index in [0.717, 1.165) is 5.65 Å². The van der Waals surface area contributed by atoms with Crippen molar-refractivity contribution in [2.24, 2.45) is 0 Å². The standard InChI is InChI=1S/C9H8N2O3/c12-6-14-9(13)7-1-2-8-10-3-4-11(8)5-7/h1-5,12H,6H2. The van der Waals surface area contributed by atoms with Gasteiger partial charge in [-0.25, -0.2) is 9.78 Å². The summed E-state index contributed by atoms with van der Waals surface area (Å²) in [6.07, 6.45) is 4.96. The fraction of sp³-hybridized carbons (Fsp3) is 0.111. The maximum Gasteiger partial charge on any atom is 0.341 e. The van der Waals surface area contributed by atoms with Gasteiger partial charge in [-0.2, -0.15) is 0 Å². The average Bonchev–Trinajstić information content (AvgIpc) is 2.64. The maximum atomic E-state index is 11.2. The zero-order valence-corrected chi connectivity index (χ0v) is 7.25. The molecule has 0 aliphatic heterocycles. The van der Waals surface area contributed by atoms with Gasteiger partial charge in [-0.1, -0.05) is 0 Å². The van der Waals surface area contributed by atoms with E-state index in [1.165, 1.54) is 0 Å². The molecule has 0 aliphatic carbocycles. The number of nitrogens with zero attached hydrogens (tertiary/aromatic N) is 2. The van der Waals surface area contributed by atoms with E-state index in [0.29, 0.717) is 5.56 Å². The molecule has 2 aromatic heterocycles. The number of rotatable bonds is 2. The minimum absolute atomic E-state index is 0.379. The van der Waals surface area contributed by atoms with Crippen molar-refractivity contribution in [2.75, 3.05) is 6.79 Å². The molecule has 72 valence electrons.